The molecule has 1 aromatic carbocycles. The molecular formula is C15H19ClN4OS3. The van der Waals surface area contributed by atoms with Gasteiger partial charge in [-0.05, 0) is 5.56 Å². The fourth-order valence-corrected chi connectivity index (χ4v) is 4.86. The summed E-state index contributed by atoms with van der Waals surface area (Å²) in [5, 5.41) is 15.0. The van der Waals surface area contributed by atoms with Gasteiger partial charge in [0.1, 0.15) is 0 Å². The second-order valence-electron chi connectivity index (χ2n) is 5.13. The highest BCUT2D eigenvalue weighted by atomic mass is 35.5. The first-order valence-electron chi connectivity index (χ1n) is 7.41. The van der Waals surface area contributed by atoms with Crippen LogP contribution in [0.25, 0.3) is 0 Å². The number of aromatic nitrogens is 2. The monoisotopic (exact) mass is 402 g/mol. The summed E-state index contributed by atoms with van der Waals surface area (Å²) in [6, 6.07) is 10.5. The number of rotatable bonds is 6. The lowest BCUT2D eigenvalue weighted by Gasteiger charge is -2.22. The maximum atomic E-state index is 12.0. The number of thioether (sulfide) groups is 2. The summed E-state index contributed by atoms with van der Waals surface area (Å²) in [7, 11) is 0. The summed E-state index contributed by atoms with van der Waals surface area (Å²) in [6.45, 7) is 0.974. The van der Waals surface area contributed by atoms with Crippen molar-refractivity contribution in [3.8, 4) is 0 Å². The van der Waals surface area contributed by atoms with E-state index in [0.717, 1.165) is 28.1 Å². The van der Waals surface area contributed by atoms with Crippen LogP contribution < -0.4 is 10.6 Å². The standard InChI is InChI=1S/C15H18N4OS3.ClH/c20-13(8-12-10-21-7-6-16-12)17-14-18-19-15(23-14)22-9-11-4-2-1-3-5-11;/h1-5,12,16H,6-10H2,(H,17,18,20);1H. The number of hydrogen-bond donors (Lipinski definition) is 2. The SMILES string of the molecule is Cl.O=C(CC1CSCCN1)Nc1nnc(SCc2ccccc2)s1. The fourth-order valence-electron chi connectivity index (χ4n) is 2.18. The van der Waals surface area contributed by atoms with Crippen molar-refractivity contribution in [2.75, 3.05) is 23.4 Å². The first-order valence-corrected chi connectivity index (χ1v) is 10.4. The second-order valence-corrected chi connectivity index (χ2v) is 8.48. The third-order valence-electron chi connectivity index (χ3n) is 3.29. The van der Waals surface area contributed by atoms with Crippen LogP contribution in [0, 0.1) is 0 Å². The molecular weight excluding hydrogens is 384 g/mol. The molecule has 0 spiro atoms. The molecule has 9 heteroatoms. The molecule has 5 nitrogen and oxygen atoms in total. The Morgan fingerprint density at radius 3 is 2.92 bits per heavy atom. The molecule has 0 aliphatic carbocycles. The molecule has 3 rings (SSSR count). The summed E-state index contributed by atoms with van der Waals surface area (Å²) in [6.07, 6.45) is 0.485. The fraction of sp³-hybridized carbons (Fsp3) is 0.400. The number of nitrogens with zero attached hydrogens (tertiary/aromatic N) is 2. The molecule has 2 heterocycles. The molecule has 1 atom stereocenters. The van der Waals surface area contributed by atoms with E-state index in [9.17, 15) is 4.79 Å². The highest BCUT2D eigenvalue weighted by molar-refractivity contribution is 8.00. The van der Waals surface area contributed by atoms with E-state index in [1.165, 1.54) is 16.9 Å². The van der Waals surface area contributed by atoms with Gasteiger partial charge < -0.3 is 10.6 Å². The molecule has 0 radical (unpaired) electrons. The highest BCUT2D eigenvalue weighted by Crippen LogP contribution is 2.28. The van der Waals surface area contributed by atoms with Gasteiger partial charge >= 0.3 is 0 Å². The number of anilines is 1. The van der Waals surface area contributed by atoms with Gasteiger partial charge in [0, 0.05) is 36.3 Å². The lowest BCUT2D eigenvalue weighted by Crippen LogP contribution is -2.39. The minimum absolute atomic E-state index is 0. The molecule has 0 bridgehead atoms. The van der Waals surface area contributed by atoms with E-state index >= 15 is 0 Å². The van der Waals surface area contributed by atoms with Gasteiger partial charge in [-0.25, -0.2) is 0 Å². The summed E-state index contributed by atoms with van der Waals surface area (Å²) in [5.41, 5.74) is 1.25. The van der Waals surface area contributed by atoms with Gasteiger partial charge in [0.25, 0.3) is 0 Å². The van der Waals surface area contributed by atoms with Crippen molar-refractivity contribution in [2.45, 2.75) is 22.6 Å². The molecule has 130 valence electrons. The minimum Gasteiger partial charge on any atom is -0.312 e. The third-order valence-corrected chi connectivity index (χ3v) is 6.46. The minimum atomic E-state index is 0. The molecule has 2 aromatic rings. The van der Waals surface area contributed by atoms with E-state index in [-0.39, 0.29) is 24.4 Å². The van der Waals surface area contributed by atoms with Crippen LogP contribution in [0.1, 0.15) is 12.0 Å². The Morgan fingerprint density at radius 1 is 1.33 bits per heavy atom. The van der Waals surface area contributed by atoms with E-state index in [0.29, 0.717) is 11.6 Å². The maximum absolute atomic E-state index is 12.0. The molecule has 1 unspecified atom stereocenters. The smallest absolute Gasteiger partial charge is 0.227 e. The number of benzene rings is 1. The van der Waals surface area contributed by atoms with Crippen LogP contribution in [0.3, 0.4) is 0 Å². The Bertz CT molecular complexity index is 635. The Labute approximate surface area is 160 Å². The average Bonchev–Trinajstić information content (AvgIpc) is 3.02. The van der Waals surface area contributed by atoms with Crippen LogP contribution in [0.4, 0.5) is 5.13 Å². The summed E-state index contributed by atoms with van der Waals surface area (Å²) in [5.74, 6) is 2.96. The summed E-state index contributed by atoms with van der Waals surface area (Å²) < 4.78 is 0.871. The lowest BCUT2D eigenvalue weighted by molar-refractivity contribution is -0.116. The Balaban J connectivity index is 0.00000208. The van der Waals surface area contributed by atoms with Crippen LogP contribution in [0.5, 0.6) is 0 Å². The third kappa shape index (κ3) is 6.25. The van der Waals surface area contributed by atoms with Crippen molar-refractivity contribution in [2.24, 2.45) is 0 Å². The molecule has 2 N–H and O–H groups in total. The molecule has 1 saturated heterocycles. The van der Waals surface area contributed by atoms with E-state index in [4.69, 9.17) is 0 Å². The highest BCUT2D eigenvalue weighted by Gasteiger charge is 2.17. The van der Waals surface area contributed by atoms with Crippen LogP contribution in [-0.4, -0.2) is 40.2 Å². The normalized spacial score (nSPS) is 17.1. The van der Waals surface area contributed by atoms with Gasteiger partial charge in [0.15, 0.2) is 4.34 Å². The Hall–Kier alpha value is -0.800. The van der Waals surface area contributed by atoms with Crippen molar-refractivity contribution < 1.29 is 4.79 Å². The Morgan fingerprint density at radius 2 is 2.17 bits per heavy atom. The van der Waals surface area contributed by atoms with Crippen molar-refractivity contribution in [1.82, 2.24) is 15.5 Å². The quantitative estimate of drug-likeness (QED) is 0.571. The second kappa shape index (κ2) is 10.2. The zero-order valence-corrected chi connectivity index (χ0v) is 16.2. The number of amides is 1. The van der Waals surface area contributed by atoms with Gasteiger partial charge in [-0.3, -0.25) is 4.79 Å². The number of halogens is 1. The molecule has 1 aliphatic heterocycles. The van der Waals surface area contributed by atoms with Gasteiger partial charge in [-0.1, -0.05) is 53.4 Å². The van der Waals surface area contributed by atoms with Gasteiger partial charge in [-0.2, -0.15) is 11.8 Å². The number of carbonyl (C=O) groups excluding carboxylic acids is 1. The van der Waals surface area contributed by atoms with E-state index in [1.807, 2.05) is 30.0 Å². The van der Waals surface area contributed by atoms with Crippen LogP contribution in [-0.2, 0) is 10.5 Å². The van der Waals surface area contributed by atoms with E-state index < -0.39 is 0 Å². The lowest BCUT2D eigenvalue weighted by atomic mass is 10.2. The van der Waals surface area contributed by atoms with Crippen LogP contribution in [0.2, 0.25) is 0 Å². The van der Waals surface area contributed by atoms with Crippen molar-refractivity contribution in [3.63, 3.8) is 0 Å². The molecule has 24 heavy (non-hydrogen) atoms. The van der Waals surface area contributed by atoms with Gasteiger partial charge in [0.2, 0.25) is 11.0 Å². The van der Waals surface area contributed by atoms with Crippen molar-refractivity contribution in [3.05, 3.63) is 35.9 Å². The molecule has 1 fully saturated rings. The molecule has 1 aromatic heterocycles. The topological polar surface area (TPSA) is 66.9 Å². The van der Waals surface area contributed by atoms with Gasteiger partial charge in [0.05, 0.1) is 0 Å². The maximum Gasteiger partial charge on any atom is 0.227 e. The van der Waals surface area contributed by atoms with Crippen molar-refractivity contribution in [1.29, 1.82) is 0 Å². The average molecular weight is 403 g/mol. The molecule has 1 amide bonds. The van der Waals surface area contributed by atoms with Crippen LogP contribution in [0.15, 0.2) is 34.7 Å². The molecule has 1 aliphatic rings. The number of hydrogen-bond acceptors (Lipinski definition) is 7. The zero-order valence-electron chi connectivity index (χ0n) is 12.9. The van der Waals surface area contributed by atoms with Crippen molar-refractivity contribution >= 4 is 58.3 Å². The van der Waals surface area contributed by atoms with Crippen LogP contribution >= 0.6 is 47.3 Å². The predicted molar refractivity (Wildman–Crippen MR) is 106 cm³/mol. The molecule has 0 saturated carbocycles. The summed E-state index contributed by atoms with van der Waals surface area (Å²) in [4.78, 5) is 12.0. The predicted octanol–water partition coefficient (Wildman–Crippen LogP) is 3.29. The van der Waals surface area contributed by atoms with Gasteiger partial charge in [-0.15, -0.1) is 22.6 Å². The largest absolute Gasteiger partial charge is 0.312 e. The number of carbonyl (C=O) groups is 1. The summed E-state index contributed by atoms with van der Waals surface area (Å²) >= 11 is 4.95. The first-order chi connectivity index (χ1) is 11.3. The zero-order chi connectivity index (χ0) is 15.9. The van der Waals surface area contributed by atoms with E-state index in [1.54, 1.807) is 11.8 Å². The van der Waals surface area contributed by atoms with E-state index in [2.05, 4.69) is 33.0 Å². The Kier molecular flexibility index (Phi) is 8.34. The number of nitrogens with one attached hydrogen (secondary N) is 2. The first kappa shape index (κ1) is 19.5.